The third-order valence-corrected chi connectivity index (χ3v) is 5.34. The minimum Gasteiger partial charge on any atom is -0.325 e. The van der Waals surface area contributed by atoms with Crippen LogP contribution in [0.15, 0.2) is 40.9 Å². The van der Waals surface area contributed by atoms with E-state index in [2.05, 4.69) is 21.2 Å². The van der Waals surface area contributed by atoms with Crippen LogP contribution in [0.2, 0.25) is 0 Å². The van der Waals surface area contributed by atoms with Crippen LogP contribution < -0.4 is 9.62 Å². The Morgan fingerprint density at radius 1 is 1.08 bits per heavy atom. The molecule has 1 N–H and O–H groups in total. The van der Waals surface area contributed by atoms with Crippen molar-refractivity contribution in [3.63, 3.8) is 0 Å². The van der Waals surface area contributed by atoms with E-state index in [-0.39, 0.29) is 6.54 Å². The van der Waals surface area contributed by atoms with E-state index in [9.17, 15) is 13.2 Å². The maximum atomic E-state index is 12.4. The van der Waals surface area contributed by atoms with Gasteiger partial charge in [-0.25, -0.2) is 8.42 Å². The number of anilines is 2. The van der Waals surface area contributed by atoms with Gasteiger partial charge in [-0.1, -0.05) is 33.6 Å². The summed E-state index contributed by atoms with van der Waals surface area (Å²) in [5, 5.41) is 2.73. The number of rotatable bonds is 5. The third kappa shape index (κ3) is 5.06. The molecule has 2 aromatic carbocycles. The van der Waals surface area contributed by atoms with E-state index < -0.39 is 15.9 Å². The Kier molecular flexibility index (Phi) is 5.90. The SMILES string of the molecule is Cc1cc(C)c(N(CC(=O)Nc2ccc(Br)cc2)S(C)(=O)=O)c(C)c1. The molecular weight excluding hydrogens is 404 g/mol. The Bertz CT molecular complexity index is 870. The van der Waals surface area contributed by atoms with Crippen LogP contribution in [0.1, 0.15) is 16.7 Å². The van der Waals surface area contributed by atoms with Crippen LogP contribution in [0.3, 0.4) is 0 Å². The predicted octanol–water partition coefficient (Wildman–Crippen LogP) is 3.78. The molecule has 0 aliphatic carbocycles. The minimum atomic E-state index is -3.60. The zero-order valence-electron chi connectivity index (χ0n) is 14.6. The number of halogens is 1. The molecular formula is C18H21BrN2O3S. The Hall–Kier alpha value is -1.86. The van der Waals surface area contributed by atoms with Gasteiger partial charge in [0.1, 0.15) is 6.54 Å². The predicted molar refractivity (Wildman–Crippen MR) is 106 cm³/mol. The molecule has 134 valence electrons. The van der Waals surface area contributed by atoms with Crippen molar-refractivity contribution in [3.05, 3.63) is 57.6 Å². The van der Waals surface area contributed by atoms with Crippen molar-refractivity contribution in [2.24, 2.45) is 0 Å². The van der Waals surface area contributed by atoms with Crippen LogP contribution >= 0.6 is 15.9 Å². The molecule has 2 aromatic rings. The van der Waals surface area contributed by atoms with Crippen LogP contribution in [-0.2, 0) is 14.8 Å². The van der Waals surface area contributed by atoms with Crippen LogP contribution in [-0.4, -0.2) is 27.1 Å². The standard InChI is InChI=1S/C18H21BrN2O3S/c1-12-9-13(2)18(14(3)10-12)21(25(4,23)24)11-17(22)20-16-7-5-15(19)6-8-16/h5-10H,11H2,1-4H3,(H,20,22). The molecule has 0 aliphatic heterocycles. The molecule has 0 fully saturated rings. The lowest BCUT2D eigenvalue weighted by Gasteiger charge is -2.26. The molecule has 0 unspecified atom stereocenters. The first-order chi connectivity index (χ1) is 11.6. The average molecular weight is 425 g/mol. The van der Waals surface area contributed by atoms with Crippen molar-refractivity contribution in [1.82, 2.24) is 0 Å². The molecule has 0 radical (unpaired) electrons. The number of nitrogens with zero attached hydrogens (tertiary/aromatic N) is 1. The van der Waals surface area contributed by atoms with Crippen LogP contribution in [0.5, 0.6) is 0 Å². The maximum Gasteiger partial charge on any atom is 0.245 e. The molecule has 1 amide bonds. The van der Waals surface area contributed by atoms with Gasteiger partial charge in [-0.15, -0.1) is 0 Å². The molecule has 0 aliphatic rings. The minimum absolute atomic E-state index is 0.278. The molecule has 0 bridgehead atoms. The van der Waals surface area contributed by atoms with Gasteiger partial charge in [0.15, 0.2) is 0 Å². The number of nitrogens with one attached hydrogen (secondary N) is 1. The molecule has 25 heavy (non-hydrogen) atoms. The Balaban J connectivity index is 2.31. The number of carbonyl (C=O) groups is 1. The first-order valence-electron chi connectivity index (χ1n) is 7.69. The van der Waals surface area contributed by atoms with Gasteiger partial charge in [-0.2, -0.15) is 0 Å². The Morgan fingerprint density at radius 3 is 2.08 bits per heavy atom. The lowest BCUT2D eigenvalue weighted by Crippen LogP contribution is -2.38. The second-order valence-electron chi connectivity index (χ2n) is 6.07. The number of hydrogen-bond donors (Lipinski definition) is 1. The summed E-state index contributed by atoms with van der Waals surface area (Å²) >= 11 is 3.33. The highest BCUT2D eigenvalue weighted by atomic mass is 79.9. The topological polar surface area (TPSA) is 66.5 Å². The summed E-state index contributed by atoms with van der Waals surface area (Å²) in [5.41, 5.74) is 3.85. The second-order valence-corrected chi connectivity index (χ2v) is 8.89. The molecule has 5 nitrogen and oxygen atoms in total. The van der Waals surface area contributed by atoms with Crippen molar-refractivity contribution in [3.8, 4) is 0 Å². The van der Waals surface area contributed by atoms with E-state index in [1.54, 1.807) is 24.3 Å². The van der Waals surface area contributed by atoms with Gasteiger partial charge in [0.05, 0.1) is 11.9 Å². The van der Waals surface area contributed by atoms with Gasteiger partial charge in [0, 0.05) is 10.2 Å². The van der Waals surface area contributed by atoms with Gasteiger partial charge in [-0.05, 0) is 56.2 Å². The Morgan fingerprint density at radius 2 is 1.60 bits per heavy atom. The van der Waals surface area contributed by atoms with E-state index in [1.165, 1.54) is 0 Å². The lowest BCUT2D eigenvalue weighted by atomic mass is 10.1. The summed E-state index contributed by atoms with van der Waals surface area (Å²) in [6.45, 7) is 5.37. The number of amides is 1. The molecule has 0 saturated carbocycles. The van der Waals surface area contributed by atoms with Gasteiger partial charge in [0.25, 0.3) is 0 Å². The molecule has 0 atom stereocenters. The maximum absolute atomic E-state index is 12.4. The van der Waals surface area contributed by atoms with Crippen LogP contribution in [0, 0.1) is 20.8 Å². The Labute approximate surface area is 157 Å². The first-order valence-corrected chi connectivity index (χ1v) is 10.3. The van der Waals surface area contributed by atoms with Gasteiger partial charge in [0.2, 0.25) is 15.9 Å². The van der Waals surface area contributed by atoms with Crippen molar-refractivity contribution in [1.29, 1.82) is 0 Å². The molecule has 0 aromatic heterocycles. The van der Waals surface area contributed by atoms with Crippen molar-refractivity contribution in [2.75, 3.05) is 22.4 Å². The van der Waals surface area contributed by atoms with E-state index in [1.807, 2.05) is 32.9 Å². The summed E-state index contributed by atoms with van der Waals surface area (Å²) in [7, 11) is -3.60. The number of benzene rings is 2. The quantitative estimate of drug-likeness (QED) is 0.793. The molecule has 0 spiro atoms. The average Bonchev–Trinajstić information content (AvgIpc) is 2.46. The number of carbonyl (C=O) groups excluding carboxylic acids is 1. The fraction of sp³-hybridized carbons (Fsp3) is 0.278. The van der Waals surface area contributed by atoms with E-state index >= 15 is 0 Å². The van der Waals surface area contributed by atoms with E-state index in [0.29, 0.717) is 11.4 Å². The summed E-state index contributed by atoms with van der Waals surface area (Å²) in [6, 6.07) is 10.9. The van der Waals surface area contributed by atoms with Crippen LogP contribution in [0.4, 0.5) is 11.4 Å². The zero-order valence-corrected chi connectivity index (χ0v) is 17.0. The smallest absolute Gasteiger partial charge is 0.245 e. The number of sulfonamides is 1. The largest absolute Gasteiger partial charge is 0.325 e. The fourth-order valence-electron chi connectivity index (χ4n) is 2.79. The van der Waals surface area contributed by atoms with E-state index in [4.69, 9.17) is 0 Å². The zero-order chi connectivity index (χ0) is 18.8. The van der Waals surface area contributed by atoms with Gasteiger partial charge in [-0.3, -0.25) is 9.10 Å². The summed E-state index contributed by atoms with van der Waals surface area (Å²) in [4.78, 5) is 12.4. The van der Waals surface area contributed by atoms with Crippen molar-refractivity contribution in [2.45, 2.75) is 20.8 Å². The monoisotopic (exact) mass is 424 g/mol. The third-order valence-electron chi connectivity index (χ3n) is 3.70. The van der Waals surface area contributed by atoms with Gasteiger partial charge < -0.3 is 5.32 Å². The first kappa shape index (κ1) is 19.5. The highest BCUT2D eigenvalue weighted by Crippen LogP contribution is 2.28. The highest BCUT2D eigenvalue weighted by molar-refractivity contribution is 9.10. The van der Waals surface area contributed by atoms with Gasteiger partial charge >= 0.3 is 0 Å². The summed E-state index contributed by atoms with van der Waals surface area (Å²) in [6.07, 6.45) is 1.11. The fourth-order valence-corrected chi connectivity index (χ4v) is 4.03. The highest BCUT2D eigenvalue weighted by Gasteiger charge is 2.24. The summed E-state index contributed by atoms with van der Waals surface area (Å²) in [5.74, 6) is -0.396. The van der Waals surface area contributed by atoms with Crippen LogP contribution in [0.25, 0.3) is 0 Å². The molecule has 0 saturated heterocycles. The number of aryl methyl sites for hydroxylation is 3. The summed E-state index contributed by atoms with van der Waals surface area (Å²) < 4.78 is 26.6. The molecule has 2 rings (SSSR count). The normalized spacial score (nSPS) is 11.2. The molecule has 0 heterocycles. The van der Waals surface area contributed by atoms with Crippen molar-refractivity contribution < 1.29 is 13.2 Å². The molecule has 7 heteroatoms. The number of hydrogen-bond acceptors (Lipinski definition) is 3. The second kappa shape index (κ2) is 7.58. The van der Waals surface area contributed by atoms with Crippen molar-refractivity contribution >= 4 is 43.2 Å². The lowest BCUT2D eigenvalue weighted by molar-refractivity contribution is -0.114. The van der Waals surface area contributed by atoms with E-state index in [0.717, 1.165) is 31.7 Å².